The van der Waals surface area contributed by atoms with Crippen molar-refractivity contribution in [3.63, 3.8) is 0 Å². The summed E-state index contributed by atoms with van der Waals surface area (Å²) in [5.41, 5.74) is 0.761. The Bertz CT molecular complexity index is 715. The lowest BCUT2D eigenvalue weighted by Crippen LogP contribution is -2.51. The van der Waals surface area contributed by atoms with E-state index in [0.717, 1.165) is 31.2 Å². The van der Waals surface area contributed by atoms with Crippen molar-refractivity contribution in [1.82, 2.24) is 9.80 Å². The third-order valence-electron chi connectivity index (χ3n) is 5.38. The summed E-state index contributed by atoms with van der Waals surface area (Å²) in [6, 6.07) is 6.06. The van der Waals surface area contributed by atoms with Crippen molar-refractivity contribution in [2.24, 2.45) is 5.92 Å². The lowest BCUT2D eigenvalue weighted by molar-refractivity contribution is -0.384. The molecule has 1 saturated carbocycles. The van der Waals surface area contributed by atoms with Crippen LogP contribution in [0.25, 0.3) is 6.08 Å². The molecule has 1 heterocycles. The van der Waals surface area contributed by atoms with Gasteiger partial charge in [0.2, 0.25) is 11.8 Å². The zero-order valence-electron chi connectivity index (χ0n) is 15.4. The Labute approximate surface area is 158 Å². The van der Waals surface area contributed by atoms with Crippen LogP contribution in [0.1, 0.15) is 37.7 Å². The van der Waals surface area contributed by atoms with Crippen molar-refractivity contribution in [1.29, 1.82) is 0 Å². The standard InChI is InChI=1S/C20H25N3O4/c24-19(11-8-16-6-9-18(10-7-16)23(26)27)21-12-14-22(15-13-21)20(25)17-4-2-1-3-5-17/h6-11,17H,1-5,12-15H2/b11-8+. The van der Waals surface area contributed by atoms with E-state index < -0.39 is 4.92 Å². The maximum atomic E-state index is 12.6. The summed E-state index contributed by atoms with van der Waals surface area (Å²) in [5, 5.41) is 10.7. The molecule has 1 aliphatic carbocycles. The van der Waals surface area contributed by atoms with E-state index in [9.17, 15) is 19.7 Å². The molecule has 7 nitrogen and oxygen atoms in total. The van der Waals surface area contributed by atoms with Crippen LogP contribution < -0.4 is 0 Å². The molecule has 1 saturated heterocycles. The average molecular weight is 371 g/mol. The van der Waals surface area contributed by atoms with Crippen LogP contribution in [0.2, 0.25) is 0 Å². The predicted octanol–water partition coefficient (Wildman–Crippen LogP) is 2.86. The van der Waals surface area contributed by atoms with Crippen LogP contribution in [-0.4, -0.2) is 52.7 Å². The second kappa shape index (κ2) is 8.79. The van der Waals surface area contributed by atoms with Crippen molar-refractivity contribution in [3.05, 3.63) is 46.0 Å². The molecule has 2 amide bonds. The van der Waals surface area contributed by atoms with Crippen LogP contribution in [-0.2, 0) is 9.59 Å². The number of nitro benzene ring substituents is 1. The molecule has 1 aromatic carbocycles. The number of benzene rings is 1. The normalized spacial score (nSPS) is 18.7. The summed E-state index contributed by atoms with van der Waals surface area (Å²) >= 11 is 0. The summed E-state index contributed by atoms with van der Waals surface area (Å²) in [4.78, 5) is 38.8. The van der Waals surface area contributed by atoms with E-state index in [4.69, 9.17) is 0 Å². The van der Waals surface area contributed by atoms with Gasteiger partial charge in [0.1, 0.15) is 0 Å². The second-order valence-corrected chi connectivity index (χ2v) is 7.17. The lowest BCUT2D eigenvalue weighted by Gasteiger charge is -2.36. The van der Waals surface area contributed by atoms with E-state index >= 15 is 0 Å². The molecule has 7 heteroatoms. The van der Waals surface area contributed by atoms with Gasteiger partial charge in [-0.05, 0) is 36.6 Å². The Hall–Kier alpha value is -2.70. The van der Waals surface area contributed by atoms with Crippen LogP contribution in [0, 0.1) is 16.0 Å². The molecule has 0 radical (unpaired) electrons. The van der Waals surface area contributed by atoms with Gasteiger partial charge < -0.3 is 9.80 Å². The van der Waals surface area contributed by atoms with Gasteiger partial charge in [0.05, 0.1) is 4.92 Å². The number of hydrogen-bond acceptors (Lipinski definition) is 4. The number of carbonyl (C=O) groups is 2. The van der Waals surface area contributed by atoms with Crippen molar-refractivity contribution >= 4 is 23.6 Å². The van der Waals surface area contributed by atoms with Gasteiger partial charge in [-0.3, -0.25) is 19.7 Å². The fraction of sp³-hybridized carbons (Fsp3) is 0.500. The molecule has 3 rings (SSSR count). The smallest absolute Gasteiger partial charge is 0.269 e. The molecule has 0 aromatic heterocycles. The fourth-order valence-electron chi connectivity index (χ4n) is 3.74. The molecule has 0 unspecified atom stereocenters. The monoisotopic (exact) mass is 371 g/mol. The Kier molecular flexibility index (Phi) is 6.21. The highest BCUT2D eigenvalue weighted by molar-refractivity contribution is 5.92. The minimum absolute atomic E-state index is 0.0252. The molecule has 1 aromatic rings. The van der Waals surface area contributed by atoms with Crippen LogP contribution >= 0.6 is 0 Å². The number of hydrogen-bond donors (Lipinski definition) is 0. The second-order valence-electron chi connectivity index (χ2n) is 7.17. The Morgan fingerprint density at radius 2 is 1.56 bits per heavy atom. The largest absolute Gasteiger partial charge is 0.339 e. The average Bonchev–Trinajstić information content (AvgIpc) is 2.72. The first-order valence-electron chi connectivity index (χ1n) is 9.55. The van der Waals surface area contributed by atoms with Crippen LogP contribution in [0.15, 0.2) is 30.3 Å². The number of amides is 2. The number of piperazine rings is 1. The zero-order valence-corrected chi connectivity index (χ0v) is 15.4. The highest BCUT2D eigenvalue weighted by Gasteiger charge is 2.29. The van der Waals surface area contributed by atoms with Crippen molar-refractivity contribution < 1.29 is 14.5 Å². The Morgan fingerprint density at radius 3 is 2.15 bits per heavy atom. The Morgan fingerprint density at radius 1 is 0.963 bits per heavy atom. The molecule has 1 aliphatic heterocycles. The minimum atomic E-state index is -0.452. The SMILES string of the molecule is O=C(/C=C/c1ccc([N+](=O)[O-])cc1)N1CCN(C(=O)C2CCCCC2)CC1. The molecule has 0 spiro atoms. The van der Waals surface area contributed by atoms with Gasteiger partial charge in [-0.2, -0.15) is 0 Å². The Balaban J connectivity index is 1.49. The maximum Gasteiger partial charge on any atom is 0.269 e. The van der Waals surface area contributed by atoms with Gasteiger partial charge >= 0.3 is 0 Å². The van der Waals surface area contributed by atoms with Crippen molar-refractivity contribution in [2.45, 2.75) is 32.1 Å². The van der Waals surface area contributed by atoms with Gasteiger partial charge in [0.15, 0.2) is 0 Å². The van der Waals surface area contributed by atoms with E-state index in [1.54, 1.807) is 23.1 Å². The van der Waals surface area contributed by atoms with Crippen LogP contribution in [0.3, 0.4) is 0 Å². The highest BCUT2D eigenvalue weighted by Crippen LogP contribution is 2.25. The summed E-state index contributed by atoms with van der Waals surface area (Å²) in [6.45, 7) is 2.27. The van der Waals surface area contributed by atoms with Gasteiger partial charge in [0, 0.05) is 50.3 Å². The lowest BCUT2D eigenvalue weighted by atomic mass is 9.88. The fourth-order valence-corrected chi connectivity index (χ4v) is 3.74. The molecule has 0 atom stereocenters. The highest BCUT2D eigenvalue weighted by atomic mass is 16.6. The molecular formula is C20H25N3O4. The number of carbonyl (C=O) groups excluding carboxylic acids is 2. The number of nitrogens with zero attached hydrogens (tertiary/aromatic N) is 3. The third-order valence-corrected chi connectivity index (χ3v) is 5.38. The first-order chi connectivity index (χ1) is 13.0. The molecule has 2 fully saturated rings. The van der Waals surface area contributed by atoms with Gasteiger partial charge in [-0.15, -0.1) is 0 Å². The quantitative estimate of drug-likeness (QED) is 0.463. The maximum absolute atomic E-state index is 12.6. The third kappa shape index (κ3) is 4.93. The summed E-state index contributed by atoms with van der Waals surface area (Å²) in [7, 11) is 0. The van der Waals surface area contributed by atoms with E-state index in [1.165, 1.54) is 24.6 Å². The summed E-state index contributed by atoms with van der Waals surface area (Å²) < 4.78 is 0. The van der Waals surface area contributed by atoms with E-state index in [-0.39, 0.29) is 23.4 Å². The molecule has 144 valence electrons. The van der Waals surface area contributed by atoms with Gasteiger partial charge in [-0.25, -0.2) is 0 Å². The van der Waals surface area contributed by atoms with Crippen LogP contribution in [0.5, 0.6) is 0 Å². The summed E-state index contributed by atoms with van der Waals surface area (Å²) in [6.07, 6.45) is 8.65. The van der Waals surface area contributed by atoms with Crippen molar-refractivity contribution in [2.75, 3.05) is 26.2 Å². The van der Waals surface area contributed by atoms with E-state index in [2.05, 4.69) is 0 Å². The number of rotatable bonds is 4. The van der Waals surface area contributed by atoms with Crippen LogP contribution in [0.4, 0.5) is 5.69 Å². The number of nitro groups is 1. The first-order valence-corrected chi connectivity index (χ1v) is 9.55. The van der Waals surface area contributed by atoms with Gasteiger partial charge in [-0.1, -0.05) is 19.3 Å². The molecular weight excluding hydrogens is 346 g/mol. The molecule has 0 N–H and O–H groups in total. The number of non-ortho nitro benzene ring substituents is 1. The molecule has 27 heavy (non-hydrogen) atoms. The minimum Gasteiger partial charge on any atom is -0.339 e. The predicted molar refractivity (Wildman–Crippen MR) is 102 cm³/mol. The molecule has 2 aliphatic rings. The van der Waals surface area contributed by atoms with Crippen molar-refractivity contribution in [3.8, 4) is 0 Å². The first kappa shape index (κ1) is 19.1. The van der Waals surface area contributed by atoms with E-state index in [0.29, 0.717) is 26.2 Å². The van der Waals surface area contributed by atoms with Gasteiger partial charge in [0.25, 0.3) is 5.69 Å². The van der Waals surface area contributed by atoms with E-state index in [1.807, 2.05) is 4.90 Å². The summed E-state index contributed by atoms with van der Waals surface area (Å²) in [5.74, 6) is 0.323. The molecule has 0 bridgehead atoms. The topological polar surface area (TPSA) is 83.8 Å². The zero-order chi connectivity index (χ0) is 19.2.